The molecular formula is C10H13ClSi. The summed E-state index contributed by atoms with van der Waals surface area (Å²) in [5, 5.41) is 0.800. The van der Waals surface area contributed by atoms with Gasteiger partial charge in [0.15, 0.2) is 0 Å². The molecule has 2 heteroatoms. The van der Waals surface area contributed by atoms with Gasteiger partial charge in [0.25, 0.3) is 0 Å². The van der Waals surface area contributed by atoms with Gasteiger partial charge in [0, 0.05) is 5.02 Å². The Labute approximate surface area is 80.5 Å². The molecule has 0 heterocycles. The van der Waals surface area contributed by atoms with Crippen molar-refractivity contribution < 1.29 is 0 Å². The van der Waals surface area contributed by atoms with Gasteiger partial charge in [0.05, 0.1) is 8.80 Å². The Bertz CT molecular complexity index is 262. The van der Waals surface area contributed by atoms with E-state index in [1.807, 2.05) is 24.3 Å². The molecule has 0 aliphatic carbocycles. The van der Waals surface area contributed by atoms with Crippen molar-refractivity contribution in [2.45, 2.75) is 13.1 Å². The van der Waals surface area contributed by atoms with Crippen LogP contribution < -0.4 is 0 Å². The van der Waals surface area contributed by atoms with E-state index in [1.54, 1.807) is 0 Å². The summed E-state index contributed by atoms with van der Waals surface area (Å²) in [5.74, 6) is 0. The third-order valence-corrected chi connectivity index (χ3v) is 2.76. The topological polar surface area (TPSA) is 0 Å². The second-order valence-corrected chi connectivity index (χ2v) is 6.46. The van der Waals surface area contributed by atoms with Crippen molar-refractivity contribution >= 4 is 26.5 Å². The van der Waals surface area contributed by atoms with E-state index in [4.69, 9.17) is 11.6 Å². The molecule has 0 fully saturated rings. The Balaban J connectivity index is 2.71. The van der Waals surface area contributed by atoms with E-state index in [-0.39, 0.29) is 0 Å². The van der Waals surface area contributed by atoms with Gasteiger partial charge >= 0.3 is 0 Å². The van der Waals surface area contributed by atoms with Gasteiger partial charge < -0.3 is 0 Å². The quantitative estimate of drug-likeness (QED) is 0.637. The van der Waals surface area contributed by atoms with Gasteiger partial charge in [-0.05, 0) is 17.7 Å². The van der Waals surface area contributed by atoms with Gasteiger partial charge in [-0.2, -0.15) is 0 Å². The van der Waals surface area contributed by atoms with Crippen molar-refractivity contribution in [3.63, 3.8) is 0 Å². The molecule has 0 amide bonds. The van der Waals surface area contributed by atoms with E-state index >= 15 is 0 Å². The van der Waals surface area contributed by atoms with Gasteiger partial charge in [-0.3, -0.25) is 0 Å². The minimum absolute atomic E-state index is 0.566. The molecule has 1 rings (SSSR count). The van der Waals surface area contributed by atoms with Crippen LogP contribution in [0.5, 0.6) is 0 Å². The van der Waals surface area contributed by atoms with Crippen LogP contribution in [0.3, 0.4) is 0 Å². The number of rotatable bonds is 2. The summed E-state index contributed by atoms with van der Waals surface area (Å²) >= 11 is 5.76. The molecule has 1 aromatic carbocycles. The standard InChI is InChI=1S/C10H13ClSi/c1-12(2)8-7-9-3-5-10(11)6-4-9/h3-8,12H,1-2H3. The Kier molecular flexibility index (Phi) is 3.57. The lowest BCUT2D eigenvalue weighted by Gasteiger charge is -1.94. The number of hydrogen-bond acceptors (Lipinski definition) is 0. The lowest BCUT2D eigenvalue weighted by molar-refractivity contribution is 1.66. The van der Waals surface area contributed by atoms with Crippen LogP contribution in [-0.2, 0) is 0 Å². The van der Waals surface area contributed by atoms with Crippen LogP contribution in [-0.4, -0.2) is 8.80 Å². The summed E-state index contributed by atoms with van der Waals surface area (Å²) in [4.78, 5) is 0. The third-order valence-electron chi connectivity index (χ3n) is 1.54. The van der Waals surface area contributed by atoms with Crippen LogP contribution in [0.4, 0.5) is 0 Å². The summed E-state index contributed by atoms with van der Waals surface area (Å²) < 4.78 is 0. The molecule has 0 N–H and O–H groups in total. The van der Waals surface area contributed by atoms with Gasteiger partial charge in [-0.1, -0.05) is 48.6 Å². The summed E-state index contributed by atoms with van der Waals surface area (Å²) in [6.07, 6.45) is 2.17. The molecule has 0 unspecified atom stereocenters. The first-order valence-electron chi connectivity index (χ1n) is 4.12. The highest BCUT2D eigenvalue weighted by atomic mass is 35.5. The summed E-state index contributed by atoms with van der Waals surface area (Å²) in [7, 11) is -0.566. The minimum atomic E-state index is -0.566. The largest absolute Gasteiger partial charge is 0.0976 e. The molecular weight excluding hydrogens is 184 g/mol. The molecule has 0 radical (unpaired) electrons. The zero-order chi connectivity index (χ0) is 8.97. The van der Waals surface area contributed by atoms with E-state index in [0.29, 0.717) is 0 Å². The zero-order valence-electron chi connectivity index (χ0n) is 7.42. The SMILES string of the molecule is C[SiH](C)C=Cc1ccc(Cl)cc1. The monoisotopic (exact) mass is 196 g/mol. The van der Waals surface area contributed by atoms with Crippen LogP contribution in [0.2, 0.25) is 18.1 Å². The van der Waals surface area contributed by atoms with Gasteiger partial charge in [0.1, 0.15) is 0 Å². The second kappa shape index (κ2) is 4.48. The fourth-order valence-electron chi connectivity index (χ4n) is 0.877. The van der Waals surface area contributed by atoms with Crippen LogP contribution >= 0.6 is 11.6 Å². The van der Waals surface area contributed by atoms with Crippen LogP contribution in [0.1, 0.15) is 5.56 Å². The molecule has 0 spiro atoms. The highest BCUT2D eigenvalue weighted by molar-refractivity contribution is 6.62. The molecule has 64 valence electrons. The van der Waals surface area contributed by atoms with Crippen molar-refractivity contribution in [3.05, 3.63) is 40.6 Å². The Morgan fingerprint density at radius 1 is 1.17 bits per heavy atom. The van der Waals surface area contributed by atoms with E-state index in [0.717, 1.165) is 5.02 Å². The van der Waals surface area contributed by atoms with Crippen molar-refractivity contribution in [1.82, 2.24) is 0 Å². The Hall–Kier alpha value is -0.533. The van der Waals surface area contributed by atoms with Crippen LogP contribution in [0.15, 0.2) is 30.0 Å². The third kappa shape index (κ3) is 3.24. The van der Waals surface area contributed by atoms with Gasteiger partial charge in [0.2, 0.25) is 0 Å². The first kappa shape index (κ1) is 9.55. The van der Waals surface area contributed by atoms with Crippen molar-refractivity contribution in [3.8, 4) is 0 Å². The van der Waals surface area contributed by atoms with Crippen molar-refractivity contribution in [2.75, 3.05) is 0 Å². The average Bonchev–Trinajstić information content (AvgIpc) is 2.03. The molecule has 0 atom stereocenters. The second-order valence-electron chi connectivity index (χ2n) is 3.15. The number of benzene rings is 1. The first-order chi connectivity index (χ1) is 5.68. The minimum Gasteiger partial charge on any atom is -0.0976 e. The molecule has 0 saturated carbocycles. The summed E-state index contributed by atoms with van der Waals surface area (Å²) in [6.45, 7) is 4.60. The molecule has 0 saturated heterocycles. The molecule has 12 heavy (non-hydrogen) atoms. The fourth-order valence-corrected chi connectivity index (χ4v) is 1.61. The first-order valence-corrected chi connectivity index (χ1v) is 7.47. The normalized spacial score (nSPS) is 11.3. The summed E-state index contributed by atoms with van der Waals surface area (Å²) in [5.41, 5.74) is 3.55. The van der Waals surface area contributed by atoms with Gasteiger partial charge in [-0.25, -0.2) is 0 Å². The van der Waals surface area contributed by atoms with E-state index < -0.39 is 8.80 Å². The maximum atomic E-state index is 5.76. The highest BCUT2D eigenvalue weighted by Crippen LogP contribution is 2.10. The van der Waals surface area contributed by atoms with Crippen LogP contribution in [0, 0.1) is 0 Å². The van der Waals surface area contributed by atoms with Crippen molar-refractivity contribution in [2.24, 2.45) is 0 Å². The maximum Gasteiger partial charge on any atom is 0.0554 e. The molecule has 0 aliphatic rings. The predicted octanol–water partition coefficient (Wildman–Crippen LogP) is 3.38. The molecule has 0 bridgehead atoms. The molecule has 0 aliphatic heterocycles. The zero-order valence-corrected chi connectivity index (χ0v) is 9.33. The highest BCUT2D eigenvalue weighted by Gasteiger charge is 1.89. The number of hydrogen-bond donors (Lipinski definition) is 0. The lowest BCUT2D eigenvalue weighted by atomic mass is 10.2. The predicted molar refractivity (Wildman–Crippen MR) is 59.4 cm³/mol. The lowest BCUT2D eigenvalue weighted by Crippen LogP contribution is -1.91. The average molecular weight is 197 g/mol. The van der Waals surface area contributed by atoms with Crippen LogP contribution in [0.25, 0.3) is 6.08 Å². The van der Waals surface area contributed by atoms with Crippen molar-refractivity contribution in [1.29, 1.82) is 0 Å². The van der Waals surface area contributed by atoms with E-state index in [1.165, 1.54) is 5.56 Å². The fraction of sp³-hybridized carbons (Fsp3) is 0.200. The van der Waals surface area contributed by atoms with E-state index in [2.05, 4.69) is 24.9 Å². The Morgan fingerprint density at radius 3 is 2.25 bits per heavy atom. The molecule has 0 nitrogen and oxygen atoms in total. The summed E-state index contributed by atoms with van der Waals surface area (Å²) in [6, 6.07) is 7.91. The molecule has 0 aromatic heterocycles. The Morgan fingerprint density at radius 2 is 1.75 bits per heavy atom. The maximum absolute atomic E-state index is 5.76. The molecule has 1 aromatic rings. The number of halogens is 1. The van der Waals surface area contributed by atoms with E-state index in [9.17, 15) is 0 Å². The van der Waals surface area contributed by atoms with Gasteiger partial charge in [-0.15, -0.1) is 0 Å². The smallest absolute Gasteiger partial charge is 0.0554 e.